The summed E-state index contributed by atoms with van der Waals surface area (Å²) in [7, 11) is 0. The standard InChI is InChI=1S/C28H36N2.2C2H5.Pd/c1-5-7-9-11-25-26(12-10-8-6-2)28(24-19-15-22(4)16-20-24)30(29)27(25)23-17-13-21(3)14-18-23;2*1-2;/h13-20H,5-12H2,1-4H3;2*1H2,2H3;/q;2*-1;+2. The van der Waals surface area contributed by atoms with Crippen LogP contribution in [0, 0.1) is 27.7 Å². The summed E-state index contributed by atoms with van der Waals surface area (Å²) in [5.41, 5.74) is 20.8. The number of rotatable bonds is 10. The molecule has 3 heteroatoms. The van der Waals surface area contributed by atoms with Gasteiger partial charge >= 0.3 is 20.4 Å². The van der Waals surface area contributed by atoms with Crippen molar-refractivity contribution in [2.75, 3.05) is 0 Å². The average molecular weight is 565 g/mol. The maximum Gasteiger partial charge on any atom is 2.00 e. The van der Waals surface area contributed by atoms with Crippen LogP contribution in [0.4, 0.5) is 0 Å². The second-order valence-electron chi connectivity index (χ2n) is 8.61. The van der Waals surface area contributed by atoms with Gasteiger partial charge in [-0.05, 0) is 63.8 Å². The van der Waals surface area contributed by atoms with Crippen molar-refractivity contribution in [1.82, 2.24) is 0 Å². The van der Waals surface area contributed by atoms with Crippen molar-refractivity contribution in [2.24, 2.45) is 0 Å². The van der Waals surface area contributed by atoms with E-state index in [1.165, 1.54) is 52.7 Å². The van der Waals surface area contributed by atoms with Crippen LogP contribution in [0.25, 0.3) is 16.9 Å². The molecule has 1 aliphatic rings. The first-order valence-electron chi connectivity index (χ1n) is 13.1. The Bertz CT molecular complexity index is 857. The number of nitrogens with zero attached hydrogens (tertiary/aromatic N) is 2. The van der Waals surface area contributed by atoms with Crippen molar-refractivity contribution >= 4 is 11.4 Å². The van der Waals surface area contributed by atoms with Crippen LogP contribution in [0.3, 0.4) is 0 Å². The molecule has 0 unspecified atom stereocenters. The van der Waals surface area contributed by atoms with Crippen molar-refractivity contribution in [3.05, 3.63) is 101 Å². The van der Waals surface area contributed by atoms with Crippen molar-refractivity contribution in [3.63, 3.8) is 0 Å². The number of unbranched alkanes of at least 4 members (excludes halogenated alkanes) is 4. The first kappa shape index (κ1) is 33.2. The van der Waals surface area contributed by atoms with Crippen molar-refractivity contribution < 1.29 is 25.1 Å². The summed E-state index contributed by atoms with van der Waals surface area (Å²) in [6, 6.07) is 17.2. The van der Waals surface area contributed by atoms with E-state index in [4.69, 9.17) is 0 Å². The number of hydrogen-bond acceptors (Lipinski definition) is 0. The Morgan fingerprint density at radius 2 is 0.914 bits per heavy atom. The minimum absolute atomic E-state index is 0. The zero-order valence-electron chi connectivity index (χ0n) is 22.9. The fraction of sp³-hybridized carbons (Fsp3) is 0.438. The molecule has 0 bridgehead atoms. The molecule has 0 fully saturated rings. The summed E-state index contributed by atoms with van der Waals surface area (Å²) < 4.78 is 1.48. The molecule has 0 saturated heterocycles. The van der Waals surface area contributed by atoms with Gasteiger partial charge in [-0.2, -0.15) is 13.8 Å². The molecule has 0 spiro atoms. The first-order chi connectivity index (χ1) is 16.6. The number of benzene rings is 2. The Kier molecular flexibility index (Phi) is 17.5. The van der Waals surface area contributed by atoms with Crippen LogP contribution in [0.5, 0.6) is 0 Å². The monoisotopic (exact) mass is 564 g/mol. The summed E-state index contributed by atoms with van der Waals surface area (Å²) in [6.45, 7) is 18.7. The fourth-order valence-electron chi connectivity index (χ4n) is 4.31. The quantitative estimate of drug-likeness (QED) is 0.119. The first-order valence-corrected chi connectivity index (χ1v) is 13.1. The van der Waals surface area contributed by atoms with Gasteiger partial charge in [0, 0.05) is 22.3 Å². The summed E-state index contributed by atoms with van der Waals surface area (Å²) >= 11 is 0. The Balaban J connectivity index is 0.00000220. The summed E-state index contributed by atoms with van der Waals surface area (Å²) in [5, 5.41) is 0. The molecule has 194 valence electrons. The molecule has 2 nitrogen and oxygen atoms in total. The minimum Gasteiger partial charge on any atom is -0.493 e. The van der Waals surface area contributed by atoms with E-state index in [2.05, 4.69) is 90.1 Å². The number of hydrogen-bond donors (Lipinski definition) is 0. The van der Waals surface area contributed by atoms with Gasteiger partial charge in [0.05, 0.1) is 0 Å². The predicted molar refractivity (Wildman–Crippen MR) is 150 cm³/mol. The van der Waals surface area contributed by atoms with Crippen LogP contribution in [0.1, 0.15) is 101 Å². The topological polar surface area (TPSA) is 25.3 Å². The van der Waals surface area contributed by atoms with E-state index in [-0.39, 0.29) is 20.4 Å². The molecule has 3 rings (SSSR count). The van der Waals surface area contributed by atoms with Crippen LogP contribution < -0.4 is 0 Å². The molecule has 0 amide bonds. The van der Waals surface area contributed by atoms with E-state index in [0.29, 0.717) is 0 Å². The van der Waals surface area contributed by atoms with Gasteiger partial charge in [0.2, 0.25) is 11.4 Å². The second-order valence-corrected chi connectivity index (χ2v) is 8.61. The normalized spacial score (nSPS) is 12.5. The molecule has 0 saturated carbocycles. The molecule has 0 N–H and O–H groups in total. The van der Waals surface area contributed by atoms with Crippen molar-refractivity contribution in [3.8, 4) is 0 Å². The zero-order chi connectivity index (χ0) is 25.5. The molecule has 0 aromatic heterocycles. The van der Waals surface area contributed by atoms with E-state index >= 15 is 0 Å². The zero-order valence-corrected chi connectivity index (χ0v) is 24.5. The Morgan fingerprint density at radius 3 is 1.20 bits per heavy atom. The molecule has 0 atom stereocenters. The summed E-state index contributed by atoms with van der Waals surface area (Å²) in [5.74, 6) is 0. The molecule has 1 aliphatic heterocycles. The molecule has 2 aromatic carbocycles. The SMILES string of the molecule is CCCCCC1=C(c2ccc(C)cc2)[N+](=[N-])C(c2ccc(C)cc2)=C1CCCCC.[CH2-]C.[CH2-]C.[Pd+2]. The van der Waals surface area contributed by atoms with E-state index in [1.807, 2.05) is 0 Å². The molecule has 35 heavy (non-hydrogen) atoms. The third-order valence-electron chi connectivity index (χ3n) is 6.07. The second kappa shape index (κ2) is 18.5. The van der Waals surface area contributed by atoms with Gasteiger partial charge in [-0.1, -0.05) is 74.9 Å². The maximum absolute atomic E-state index is 11.5. The smallest absolute Gasteiger partial charge is 0.493 e. The van der Waals surface area contributed by atoms with Gasteiger partial charge in [0.15, 0.2) is 0 Å². The van der Waals surface area contributed by atoms with Gasteiger partial charge < -0.3 is 19.4 Å². The van der Waals surface area contributed by atoms with Gasteiger partial charge in [-0.15, -0.1) is 0 Å². The summed E-state index contributed by atoms with van der Waals surface area (Å²) in [4.78, 5) is 0. The predicted octanol–water partition coefficient (Wildman–Crippen LogP) is 10.3. The van der Waals surface area contributed by atoms with Crippen molar-refractivity contribution in [1.29, 1.82) is 0 Å². The van der Waals surface area contributed by atoms with Crippen molar-refractivity contribution in [2.45, 2.75) is 92.9 Å². The number of aryl methyl sites for hydroxylation is 2. The minimum atomic E-state index is 0. The van der Waals surface area contributed by atoms with Crippen LogP contribution in [0.15, 0.2) is 59.7 Å². The van der Waals surface area contributed by atoms with Crippen LogP contribution in [-0.2, 0) is 20.4 Å². The molecule has 1 heterocycles. The largest absolute Gasteiger partial charge is 2.00 e. The van der Waals surface area contributed by atoms with Gasteiger partial charge in [0.25, 0.3) is 0 Å². The van der Waals surface area contributed by atoms with Gasteiger partial charge in [-0.3, -0.25) is 0 Å². The molecule has 2 aromatic rings. The van der Waals surface area contributed by atoms with Gasteiger partial charge in [-0.25, -0.2) is 4.70 Å². The Hall–Kier alpha value is -1.82. The third kappa shape index (κ3) is 9.29. The van der Waals surface area contributed by atoms with E-state index in [1.54, 1.807) is 13.8 Å². The Labute approximate surface area is 230 Å². The average Bonchev–Trinajstić information content (AvgIpc) is 3.14. The number of allylic oxidation sites excluding steroid dienone is 2. The maximum atomic E-state index is 11.5. The fourth-order valence-corrected chi connectivity index (χ4v) is 4.31. The molecule has 0 aliphatic carbocycles. The van der Waals surface area contributed by atoms with E-state index < -0.39 is 0 Å². The van der Waals surface area contributed by atoms with Crippen LogP contribution >= 0.6 is 0 Å². The summed E-state index contributed by atoms with van der Waals surface area (Å²) in [6.07, 6.45) is 9.21. The molecule has 0 radical (unpaired) electrons. The third-order valence-corrected chi connectivity index (χ3v) is 6.07. The van der Waals surface area contributed by atoms with E-state index in [0.717, 1.165) is 48.2 Å². The van der Waals surface area contributed by atoms with Gasteiger partial charge in [0.1, 0.15) is 0 Å². The van der Waals surface area contributed by atoms with E-state index in [9.17, 15) is 5.53 Å². The molecular weight excluding hydrogens is 519 g/mol. The Morgan fingerprint density at radius 1 is 0.600 bits per heavy atom. The van der Waals surface area contributed by atoms with Crippen LogP contribution in [0.2, 0.25) is 0 Å². The van der Waals surface area contributed by atoms with Crippen LogP contribution in [-0.4, -0.2) is 4.70 Å². The molecular formula is C32H46N2Pd.